The third kappa shape index (κ3) is 3.81. The second-order valence-corrected chi connectivity index (χ2v) is 9.28. The van der Waals surface area contributed by atoms with Gasteiger partial charge in [-0.15, -0.1) is 0 Å². The molecule has 0 aliphatic carbocycles. The molecule has 4 aromatic rings. The number of sulfonamides is 1. The molecule has 2 N–H and O–H groups in total. The van der Waals surface area contributed by atoms with Crippen molar-refractivity contribution in [2.24, 2.45) is 0 Å². The molecule has 0 amide bonds. The van der Waals surface area contributed by atoms with Crippen LogP contribution in [0.25, 0.3) is 22.6 Å². The predicted molar refractivity (Wildman–Crippen MR) is 115 cm³/mol. The summed E-state index contributed by atoms with van der Waals surface area (Å²) >= 11 is 0. The maximum Gasteiger partial charge on any atom is 0.266 e. The smallest absolute Gasteiger partial charge is 0.266 e. The van der Waals surface area contributed by atoms with Gasteiger partial charge in [0.1, 0.15) is 16.7 Å². The summed E-state index contributed by atoms with van der Waals surface area (Å²) in [6.07, 6.45) is 2.66. The van der Waals surface area contributed by atoms with Gasteiger partial charge in [0.15, 0.2) is 5.76 Å². The standard InChI is InChI=1S/C21H21N5O4S/c1-13-19(31(27,28)26(2)3)10-18(29-13)21-25-17(11-22)20(30-21)23-9-8-14-12-24-16-7-5-4-6-15(14)16/h4-7,10,12,23-24H,8-9H2,1-3H3. The Morgan fingerprint density at radius 2 is 2.03 bits per heavy atom. The maximum atomic E-state index is 12.4. The summed E-state index contributed by atoms with van der Waals surface area (Å²) in [6, 6.07) is 11.4. The summed E-state index contributed by atoms with van der Waals surface area (Å²) in [5, 5.41) is 13.7. The normalized spacial score (nSPS) is 11.8. The molecular weight excluding hydrogens is 418 g/mol. The number of hydrogen-bond acceptors (Lipinski definition) is 7. The lowest BCUT2D eigenvalue weighted by Gasteiger charge is -2.09. The summed E-state index contributed by atoms with van der Waals surface area (Å²) < 4.78 is 37.2. The fraction of sp³-hybridized carbons (Fsp3) is 0.238. The third-order valence-corrected chi connectivity index (χ3v) is 6.85. The lowest BCUT2D eigenvalue weighted by Crippen LogP contribution is -2.22. The van der Waals surface area contributed by atoms with Crippen molar-refractivity contribution in [3.05, 3.63) is 53.5 Å². The Balaban J connectivity index is 1.54. The molecule has 0 spiro atoms. The van der Waals surface area contributed by atoms with Crippen molar-refractivity contribution in [2.45, 2.75) is 18.2 Å². The first kappa shape index (κ1) is 20.7. The highest BCUT2D eigenvalue weighted by molar-refractivity contribution is 7.89. The SMILES string of the molecule is Cc1oc(-c2nc(C#N)c(NCCc3c[nH]c4ccccc34)o2)cc1S(=O)(=O)N(C)C. The number of benzene rings is 1. The van der Waals surface area contributed by atoms with E-state index in [-0.39, 0.29) is 33.9 Å². The van der Waals surface area contributed by atoms with Gasteiger partial charge in [-0.2, -0.15) is 10.2 Å². The second kappa shape index (κ2) is 7.94. The molecule has 0 fully saturated rings. The number of oxazole rings is 1. The van der Waals surface area contributed by atoms with Gasteiger partial charge >= 0.3 is 0 Å². The van der Waals surface area contributed by atoms with Crippen LogP contribution in [0.1, 0.15) is 17.0 Å². The number of nitriles is 1. The zero-order chi connectivity index (χ0) is 22.2. The van der Waals surface area contributed by atoms with E-state index in [0.717, 1.165) is 20.8 Å². The number of nitrogens with zero attached hydrogens (tertiary/aromatic N) is 3. The number of nitrogens with one attached hydrogen (secondary N) is 2. The minimum Gasteiger partial charge on any atom is -0.455 e. The number of H-pyrrole nitrogens is 1. The molecule has 160 valence electrons. The molecule has 0 aliphatic rings. The highest BCUT2D eigenvalue weighted by atomic mass is 32.2. The number of aromatic amines is 1. The first-order valence-electron chi connectivity index (χ1n) is 9.54. The molecule has 0 radical (unpaired) electrons. The van der Waals surface area contributed by atoms with E-state index in [2.05, 4.69) is 15.3 Å². The van der Waals surface area contributed by atoms with Crippen LogP contribution in [-0.4, -0.2) is 43.3 Å². The highest BCUT2D eigenvalue weighted by Gasteiger charge is 2.26. The Morgan fingerprint density at radius 3 is 2.77 bits per heavy atom. The van der Waals surface area contributed by atoms with Crippen LogP contribution in [0.4, 0.5) is 5.88 Å². The molecule has 0 aliphatic heterocycles. The Kier molecular flexibility index (Phi) is 5.31. The number of hydrogen-bond donors (Lipinski definition) is 2. The van der Waals surface area contributed by atoms with Crippen LogP contribution in [0, 0.1) is 18.3 Å². The number of aryl methyl sites for hydroxylation is 1. The van der Waals surface area contributed by atoms with Crippen LogP contribution in [0.2, 0.25) is 0 Å². The summed E-state index contributed by atoms with van der Waals surface area (Å²) in [6.45, 7) is 2.07. The van der Waals surface area contributed by atoms with Gasteiger partial charge in [-0.1, -0.05) is 18.2 Å². The van der Waals surface area contributed by atoms with E-state index in [1.54, 1.807) is 6.92 Å². The first-order chi connectivity index (χ1) is 14.8. The third-order valence-electron chi connectivity index (χ3n) is 4.93. The van der Waals surface area contributed by atoms with Crippen molar-refractivity contribution >= 4 is 26.8 Å². The van der Waals surface area contributed by atoms with Gasteiger partial charge in [0.25, 0.3) is 5.89 Å². The molecule has 0 bridgehead atoms. The molecule has 31 heavy (non-hydrogen) atoms. The number of furan rings is 1. The second-order valence-electron chi connectivity index (χ2n) is 7.16. The summed E-state index contributed by atoms with van der Waals surface area (Å²) in [7, 11) is -0.793. The average molecular weight is 439 g/mol. The average Bonchev–Trinajstić information content (AvgIpc) is 3.45. The topological polar surface area (TPSA) is 128 Å². The van der Waals surface area contributed by atoms with Gasteiger partial charge in [-0.05, 0) is 25.0 Å². The molecule has 4 rings (SSSR count). The molecule has 3 heterocycles. The number of fused-ring (bicyclic) bond motifs is 1. The molecule has 10 heteroatoms. The van der Waals surface area contributed by atoms with E-state index in [0.29, 0.717) is 13.0 Å². The summed E-state index contributed by atoms with van der Waals surface area (Å²) in [5.74, 6) is 0.603. The van der Waals surface area contributed by atoms with Crippen molar-refractivity contribution in [1.29, 1.82) is 5.26 Å². The Labute approximate surface area is 179 Å². The first-order valence-corrected chi connectivity index (χ1v) is 11.0. The Hall–Kier alpha value is -3.55. The molecule has 9 nitrogen and oxygen atoms in total. The number of aromatic nitrogens is 2. The van der Waals surface area contributed by atoms with Crippen LogP contribution in [0.15, 0.2) is 50.3 Å². The van der Waals surface area contributed by atoms with Crippen molar-refractivity contribution in [2.75, 3.05) is 26.0 Å². The molecular formula is C21H21N5O4S. The molecule has 3 aromatic heterocycles. The zero-order valence-corrected chi connectivity index (χ0v) is 18.1. The fourth-order valence-corrected chi connectivity index (χ4v) is 4.35. The van der Waals surface area contributed by atoms with Gasteiger partial charge in [-0.25, -0.2) is 12.7 Å². The minimum atomic E-state index is -3.67. The molecule has 1 aromatic carbocycles. The van der Waals surface area contributed by atoms with Crippen molar-refractivity contribution < 1.29 is 17.3 Å². The van der Waals surface area contributed by atoms with Crippen LogP contribution < -0.4 is 5.32 Å². The van der Waals surface area contributed by atoms with E-state index in [1.807, 2.05) is 36.5 Å². The Bertz CT molecular complexity index is 1390. The quantitative estimate of drug-likeness (QED) is 0.451. The van der Waals surface area contributed by atoms with Crippen molar-refractivity contribution in [1.82, 2.24) is 14.3 Å². The molecule has 0 saturated heterocycles. The lowest BCUT2D eigenvalue weighted by molar-refractivity contribution is 0.492. The monoisotopic (exact) mass is 439 g/mol. The lowest BCUT2D eigenvalue weighted by atomic mass is 10.1. The Morgan fingerprint density at radius 1 is 1.26 bits per heavy atom. The summed E-state index contributed by atoms with van der Waals surface area (Å²) in [5.41, 5.74) is 2.27. The largest absolute Gasteiger partial charge is 0.455 e. The van der Waals surface area contributed by atoms with E-state index >= 15 is 0 Å². The zero-order valence-electron chi connectivity index (χ0n) is 17.3. The van der Waals surface area contributed by atoms with E-state index in [4.69, 9.17) is 8.83 Å². The fourth-order valence-electron chi connectivity index (χ4n) is 3.29. The van der Waals surface area contributed by atoms with Gasteiger partial charge in [-0.3, -0.25) is 0 Å². The minimum absolute atomic E-state index is 0.0260. The van der Waals surface area contributed by atoms with Gasteiger partial charge in [0.05, 0.1) is 0 Å². The van der Waals surface area contributed by atoms with Crippen molar-refractivity contribution in [3.63, 3.8) is 0 Å². The van der Waals surface area contributed by atoms with E-state index in [9.17, 15) is 13.7 Å². The van der Waals surface area contributed by atoms with Crippen LogP contribution in [-0.2, 0) is 16.4 Å². The number of para-hydroxylation sites is 1. The highest BCUT2D eigenvalue weighted by Crippen LogP contribution is 2.31. The van der Waals surface area contributed by atoms with Crippen LogP contribution in [0.5, 0.6) is 0 Å². The van der Waals surface area contributed by atoms with E-state index in [1.165, 1.54) is 20.2 Å². The van der Waals surface area contributed by atoms with Gasteiger partial charge < -0.3 is 19.1 Å². The summed E-state index contributed by atoms with van der Waals surface area (Å²) in [4.78, 5) is 7.40. The van der Waals surface area contributed by atoms with Crippen molar-refractivity contribution in [3.8, 4) is 17.7 Å². The maximum absolute atomic E-state index is 12.4. The van der Waals surface area contributed by atoms with Gasteiger partial charge in [0.2, 0.25) is 21.6 Å². The number of anilines is 1. The molecule has 0 saturated carbocycles. The van der Waals surface area contributed by atoms with E-state index < -0.39 is 10.0 Å². The van der Waals surface area contributed by atoms with Gasteiger partial charge in [0, 0.05) is 43.8 Å². The van der Waals surface area contributed by atoms with Crippen LogP contribution in [0.3, 0.4) is 0 Å². The molecule has 0 unspecified atom stereocenters. The molecule has 0 atom stereocenters. The number of rotatable bonds is 7. The predicted octanol–water partition coefficient (Wildman–Crippen LogP) is 3.50. The van der Waals surface area contributed by atoms with Crippen LogP contribution >= 0.6 is 0 Å².